The van der Waals surface area contributed by atoms with E-state index in [-0.39, 0.29) is 12.3 Å². The third-order valence-electron chi connectivity index (χ3n) is 3.32. The van der Waals surface area contributed by atoms with Gasteiger partial charge in [-0.3, -0.25) is 4.79 Å². The molecule has 0 aliphatic rings. The highest BCUT2D eigenvalue weighted by Crippen LogP contribution is 2.20. The van der Waals surface area contributed by atoms with E-state index < -0.39 is 5.92 Å². The van der Waals surface area contributed by atoms with Crippen LogP contribution in [0.2, 0.25) is 0 Å². The van der Waals surface area contributed by atoms with Crippen molar-refractivity contribution in [2.45, 2.75) is 39.0 Å². The van der Waals surface area contributed by atoms with Gasteiger partial charge >= 0.3 is 0 Å². The third-order valence-corrected chi connectivity index (χ3v) is 3.32. The van der Waals surface area contributed by atoms with E-state index in [0.717, 1.165) is 31.5 Å². The van der Waals surface area contributed by atoms with E-state index in [4.69, 9.17) is 5.26 Å². The van der Waals surface area contributed by atoms with E-state index in [2.05, 4.69) is 6.07 Å². The molecule has 0 N–H and O–H groups in total. The van der Waals surface area contributed by atoms with Crippen LogP contribution in [-0.4, -0.2) is 23.9 Å². The first-order valence-electron chi connectivity index (χ1n) is 7.33. The normalized spacial score (nSPS) is 11.2. The summed E-state index contributed by atoms with van der Waals surface area (Å²) in [5, 5.41) is 18.1. The SMILES string of the molecule is CCCN(CCC)C(=O)CC(C#N)c1ccc(C#N)cc1. The lowest BCUT2D eigenvalue weighted by molar-refractivity contribution is -0.131. The molecule has 4 nitrogen and oxygen atoms in total. The van der Waals surface area contributed by atoms with Crippen LogP contribution in [0, 0.1) is 22.7 Å². The third kappa shape index (κ3) is 4.93. The number of hydrogen-bond acceptors (Lipinski definition) is 3. The predicted octanol–water partition coefficient (Wildman–Crippen LogP) is 3.20. The van der Waals surface area contributed by atoms with Gasteiger partial charge in [-0.1, -0.05) is 26.0 Å². The van der Waals surface area contributed by atoms with Crippen molar-refractivity contribution in [3.8, 4) is 12.1 Å². The zero-order chi connectivity index (χ0) is 15.7. The second-order valence-corrected chi connectivity index (χ2v) is 5.00. The van der Waals surface area contributed by atoms with Gasteiger partial charge in [-0.05, 0) is 30.5 Å². The smallest absolute Gasteiger partial charge is 0.224 e. The number of rotatable bonds is 7. The van der Waals surface area contributed by atoms with E-state index in [1.54, 1.807) is 24.3 Å². The summed E-state index contributed by atoms with van der Waals surface area (Å²) in [5.74, 6) is -0.434. The Morgan fingerprint density at radius 1 is 1.14 bits per heavy atom. The van der Waals surface area contributed by atoms with Crippen LogP contribution < -0.4 is 0 Å². The number of hydrogen-bond donors (Lipinski definition) is 0. The molecule has 1 atom stereocenters. The Morgan fingerprint density at radius 2 is 1.71 bits per heavy atom. The van der Waals surface area contributed by atoms with E-state index >= 15 is 0 Å². The number of amides is 1. The molecule has 4 heteroatoms. The van der Waals surface area contributed by atoms with Crippen molar-refractivity contribution in [1.29, 1.82) is 10.5 Å². The van der Waals surface area contributed by atoms with Gasteiger partial charge < -0.3 is 4.90 Å². The van der Waals surface area contributed by atoms with Crippen molar-refractivity contribution < 1.29 is 4.79 Å². The monoisotopic (exact) mass is 283 g/mol. The summed E-state index contributed by atoms with van der Waals surface area (Å²) in [6.45, 7) is 5.55. The standard InChI is InChI=1S/C17H21N3O/c1-3-9-20(10-4-2)17(21)11-16(13-19)15-7-5-14(12-18)6-8-15/h5-8,16H,3-4,9-11H2,1-2H3. The van der Waals surface area contributed by atoms with Gasteiger partial charge in [-0.25, -0.2) is 0 Å². The maximum Gasteiger partial charge on any atom is 0.224 e. The van der Waals surface area contributed by atoms with Crippen molar-refractivity contribution in [1.82, 2.24) is 4.90 Å². The summed E-state index contributed by atoms with van der Waals surface area (Å²) in [6, 6.07) is 11.1. The minimum Gasteiger partial charge on any atom is -0.343 e. The Bertz CT molecular complexity index is 531. The number of nitrogens with zero attached hydrogens (tertiary/aromatic N) is 3. The lowest BCUT2D eigenvalue weighted by atomic mass is 9.95. The highest BCUT2D eigenvalue weighted by Gasteiger charge is 2.19. The molecule has 0 saturated heterocycles. The Hall–Kier alpha value is -2.33. The van der Waals surface area contributed by atoms with Gasteiger partial charge in [0.15, 0.2) is 0 Å². The van der Waals surface area contributed by atoms with E-state index in [0.29, 0.717) is 5.56 Å². The van der Waals surface area contributed by atoms with E-state index in [9.17, 15) is 10.1 Å². The molecule has 0 aliphatic carbocycles. The molecular formula is C17H21N3O. The molecule has 1 rings (SSSR count). The molecule has 0 aromatic heterocycles. The fourth-order valence-electron chi connectivity index (χ4n) is 2.23. The lowest BCUT2D eigenvalue weighted by Gasteiger charge is -2.22. The second kappa shape index (κ2) is 8.76. The summed E-state index contributed by atoms with van der Waals surface area (Å²) in [6.07, 6.45) is 2.03. The van der Waals surface area contributed by atoms with E-state index in [1.165, 1.54) is 0 Å². The van der Waals surface area contributed by atoms with Crippen molar-refractivity contribution in [2.24, 2.45) is 0 Å². The van der Waals surface area contributed by atoms with Crippen molar-refractivity contribution in [3.63, 3.8) is 0 Å². The molecule has 0 heterocycles. The molecule has 0 bridgehead atoms. The van der Waals surface area contributed by atoms with Crippen LogP contribution in [0.15, 0.2) is 24.3 Å². The number of carbonyl (C=O) groups excluding carboxylic acids is 1. The summed E-state index contributed by atoms with van der Waals surface area (Å²) in [7, 11) is 0. The fourth-order valence-corrected chi connectivity index (χ4v) is 2.23. The molecule has 0 spiro atoms. The first-order valence-corrected chi connectivity index (χ1v) is 7.33. The van der Waals surface area contributed by atoms with Crippen LogP contribution in [0.5, 0.6) is 0 Å². The maximum absolute atomic E-state index is 12.3. The summed E-state index contributed by atoms with van der Waals surface area (Å²) >= 11 is 0. The van der Waals surface area contributed by atoms with Gasteiger partial charge in [0.25, 0.3) is 0 Å². The minimum atomic E-state index is -0.457. The molecule has 21 heavy (non-hydrogen) atoms. The van der Waals surface area contributed by atoms with Gasteiger partial charge in [-0.2, -0.15) is 10.5 Å². The Balaban J connectivity index is 2.78. The molecule has 1 unspecified atom stereocenters. The van der Waals surface area contributed by atoms with Crippen molar-refractivity contribution >= 4 is 5.91 Å². The van der Waals surface area contributed by atoms with E-state index in [1.807, 2.05) is 24.8 Å². The maximum atomic E-state index is 12.3. The molecule has 110 valence electrons. The summed E-state index contributed by atoms with van der Waals surface area (Å²) in [4.78, 5) is 14.1. The molecule has 0 saturated carbocycles. The molecule has 0 radical (unpaired) electrons. The van der Waals surface area contributed by atoms with Crippen LogP contribution in [0.25, 0.3) is 0 Å². The van der Waals surface area contributed by atoms with Crippen LogP contribution in [0.1, 0.15) is 50.2 Å². The highest BCUT2D eigenvalue weighted by atomic mass is 16.2. The number of benzene rings is 1. The largest absolute Gasteiger partial charge is 0.343 e. The zero-order valence-electron chi connectivity index (χ0n) is 12.7. The van der Waals surface area contributed by atoms with Gasteiger partial charge in [0.1, 0.15) is 0 Å². The average Bonchev–Trinajstić information content (AvgIpc) is 2.52. The highest BCUT2D eigenvalue weighted by molar-refractivity contribution is 5.77. The summed E-state index contributed by atoms with van der Waals surface area (Å²) in [5.41, 5.74) is 1.35. The van der Waals surface area contributed by atoms with Gasteiger partial charge in [0.2, 0.25) is 5.91 Å². The molecule has 0 fully saturated rings. The van der Waals surface area contributed by atoms with Crippen LogP contribution in [0.3, 0.4) is 0 Å². The average molecular weight is 283 g/mol. The summed E-state index contributed by atoms with van der Waals surface area (Å²) < 4.78 is 0. The first-order chi connectivity index (χ1) is 10.2. The number of nitriles is 2. The quantitative estimate of drug-likeness (QED) is 0.771. The second-order valence-electron chi connectivity index (χ2n) is 5.00. The van der Waals surface area contributed by atoms with Gasteiger partial charge in [-0.15, -0.1) is 0 Å². The Morgan fingerprint density at radius 3 is 2.14 bits per heavy atom. The van der Waals surface area contributed by atoms with Gasteiger partial charge in [0.05, 0.1) is 23.6 Å². The predicted molar refractivity (Wildman–Crippen MR) is 81.3 cm³/mol. The fraction of sp³-hybridized carbons (Fsp3) is 0.471. The molecule has 1 amide bonds. The molecular weight excluding hydrogens is 262 g/mol. The van der Waals surface area contributed by atoms with Crippen LogP contribution in [0.4, 0.5) is 0 Å². The molecule has 1 aromatic carbocycles. The first kappa shape index (κ1) is 16.7. The topological polar surface area (TPSA) is 67.9 Å². The van der Waals surface area contributed by atoms with Crippen molar-refractivity contribution in [2.75, 3.05) is 13.1 Å². The lowest BCUT2D eigenvalue weighted by Crippen LogP contribution is -2.33. The van der Waals surface area contributed by atoms with Crippen LogP contribution in [-0.2, 0) is 4.79 Å². The zero-order valence-corrected chi connectivity index (χ0v) is 12.7. The molecule has 0 aliphatic heterocycles. The Kier molecular flexibility index (Phi) is 6.98. The van der Waals surface area contributed by atoms with Gasteiger partial charge in [0, 0.05) is 19.5 Å². The Labute approximate surface area is 126 Å². The van der Waals surface area contributed by atoms with Crippen LogP contribution >= 0.6 is 0 Å². The van der Waals surface area contributed by atoms with Crippen molar-refractivity contribution in [3.05, 3.63) is 35.4 Å². The number of carbonyl (C=O) groups is 1. The minimum absolute atomic E-state index is 0.0228. The molecule has 1 aromatic rings.